The third-order valence-corrected chi connectivity index (χ3v) is 1.55. The third-order valence-electron chi connectivity index (χ3n) is 1.55. The molecule has 0 aliphatic rings. The Morgan fingerprint density at radius 2 is 1.83 bits per heavy atom. The van der Waals surface area contributed by atoms with Crippen LogP contribution in [-0.4, -0.2) is 51.4 Å². The summed E-state index contributed by atoms with van der Waals surface area (Å²) in [5, 5.41) is 37.7. The van der Waals surface area contributed by atoms with Crippen LogP contribution in [0.25, 0.3) is 0 Å². The number of nitroso groups, excluding NO2 is 1. The van der Waals surface area contributed by atoms with Crippen LogP contribution in [0.3, 0.4) is 0 Å². The van der Waals surface area contributed by atoms with Gasteiger partial charge < -0.3 is 20.4 Å². The SMILES string of the molecule is CC(O)C(N=O)C(O)C(O)CO. The highest BCUT2D eigenvalue weighted by molar-refractivity contribution is 4.84. The van der Waals surface area contributed by atoms with Gasteiger partial charge in [0.15, 0.2) is 0 Å². The van der Waals surface area contributed by atoms with E-state index in [2.05, 4.69) is 5.18 Å². The van der Waals surface area contributed by atoms with Gasteiger partial charge in [-0.25, -0.2) is 0 Å². The van der Waals surface area contributed by atoms with E-state index in [-0.39, 0.29) is 0 Å². The molecule has 0 saturated carbocycles. The second-order valence-corrected chi connectivity index (χ2v) is 2.58. The molecule has 0 heterocycles. The Bertz CT molecular complexity index is 140. The van der Waals surface area contributed by atoms with E-state index in [1.54, 1.807) is 0 Å². The van der Waals surface area contributed by atoms with Crippen molar-refractivity contribution in [1.29, 1.82) is 0 Å². The third kappa shape index (κ3) is 2.82. The predicted octanol–water partition coefficient (Wildman–Crippen LogP) is -1.78. The summed E-state index contributed by atoms with van der Waals surface area (Å²) in [4.78, 5) is 10.0. The second-order valence-electron chi connectivity index (χ2n) is 2.58. The van der Waals surface area contributed by atoms with Gasteiger partial charge in [0.2, 0.25) is 0 Å². The van der Waals surface area contributed by atoms with Crippen LogP contribution >= 0.6 is 0 Å². The fraction of sp³-hybridized carbons (Fsp3) is 1.00. The molecule has 0 radical (unpaired) electrons. The highest BCUT2D eigenvalue weighted by Crippen LogP contribution is 2.08. The largest absolute Gasteiger partial charge is 0.394 e. The van der Waals surface area contributed by atoms with Gasteiger partial charge in [0.05, 0.1) is 12.7 Å². The van der Waals surface area contributed by atoms with Crippen LogP contribution in [0.4, 0.5) is 0 Å². The fourth-order valence-electron chi connectivity index (χ4n) is 0.771. The molecule has 0 rings (SSSR count). The Kier molecular flexibility index (Phi) is 4.91. The first-order chi connectivity index (χ1) is 5.54. The molecule has 4 unspecified atom stereocenters. The molecule has 4 N–H and O–H groups in total. The highest BCUT2D eigenvalue weighted by atomic mass is 16.4. The molecular formula is C6H13NO5. The number of aliphatic hydroxyl groups is 4. The van der Waals surface area contributed by atoms with Crippen molar-refractivity contribution in [3.8, 4) is 0 Å². The first-order valence-electron chi connectivity index (χ1n) is 3.52. The lowest BCUT2D eigenvalue weighted by molar-refractivity contribution is -0.0455. The number of aliphatic hydroxyl groups excluding tert-OH is 4. The zero-order valence-corrected chi connectivity index (χ0v) is 6.66. The maximum absolute atomic E-state index is 10.0. The Hall–Kier alpha value is -0.560. The van der Waals surface area contributed by atoms with Crippen LogP contribution in [-0.2, 0) is 0 Å². The van der Waals surface area contributed by atoms with Crippen molar-refractivity contribution in [2.45, 2.75) is 31.3 Å². The molecule has 6 heteroatoms. The summed E-state index contributed by atoms with van der Waals surface area (Å²) in [6.07, 6.45) is -4.14. The number of hydrogen-bond acceptors (Lipinski definition) is 6. The maximum Gasteiger partial charge on any atom is 0.146 e. The molecule has 0 aromatic carbocycles. The van der Waals surface area contributed by atoms with Gasteiger partial charge >= 0.3 is 0 Å². The van der Waals surface area contributed by atoms with Gasteiger partial charge in [-0.05, 0) is 6.92 Å². The molecule has 0 saturated heterocycles. The van der Waals surface area contributed by atoms with Gasteiger partial charge in [-0.1, -0.05) is 5.18 Å². The number of nitrogens with zero attached hydrogens (tertiary/aromatic N) is 1. The molecule has 0 amide bonds. The van der Waals surface area contributed by atoms with Crippen molar-refractivity contribution in [3.05, 3.63) is 4.91 Å². The summed E-state index contributed by atoms with van der Waals surface area (Å²) in [5.74, 6) is 0. The minimum atomic E-state index is -1.53. The summed E-state index contributed by atoms with van der Waals surface area (Å²) in [7, 11) is 0. The Morgan fingerprint density at radius 1 is 1.33 bits per heavy atom. The van der Waals surface area contributed by atoms with Crippen LogP contribution in [0.1, 0.15) is 6.92 Å². The molecule has 4 atom stereocenters. The van der Waals surface area contributed by atoms with Crippen molar-refractivity contribution in [2.75, 3.05) is 6.61 Å². The standard InChI is InChI=1S/C6H13NO5/c1-3(9)5(7-12)6(11)4(10)2-8/h3-6,8-11H,2H2,1H3. The summed E-state index contributed by atoms with van der Waals surface area (Å²) in [5.41, 5.74) is 0. The zero-order valence-electron chi connectivity index (χ0n) is 6.66. The van der Waals surface area contributed by atoms with Crippen LogP contribution in [0, 0.1) is 4.91 Å². The normalized spacial score (nSPS) is 21.1. The Labute approximate surface area is 69.4 Å². The van der Waals surface area contributed by atoms with E-state index in [9.17, 15) is 4.91 Å². The molecule has 0 aromatic rings. The van der Waals surface area contributed by atoms with E-state index < -0.39 is 31.0 Å². The van der Waals surface area contributed by atoms with Crippen molar-refractivity contribution in [2.24, 2.45) is 5.18 Å². The lowest BCUT2D eigenvalue weighted by Gasteiger charge is -2.21. The minimum Gasteiger partial charge on any atom is -0.394 e. The monoisotopic (exact) mass is 179 g/mol. The molecule has 0 aliphatic heterocycles. The van der Waals surface area contributed by atoms with Gasteiger partial charge in [-0.15, -0.1) is 0 Å². The number of rotatable bonds is 5. The smallest absolute Gasteiger partial charge is 0.146 e. The van der Waals surface area contributed by atoms with Gasteiger partial charge in [0.1, 0.15) is 18.2 Å². The molecule has 0 bridgehead atoms. The van der Waals surface area contributed by atoms with Crippen LogP contribution in [0.5, 0.6) is 0 Å². The molecule has 0 aromatic heterocycles. The molecule has 0 fully saturated rings. The van der Waals surface area contributed by atoms with E-state index in [1.165, 1.54) is 6.92 Å². The van der Waals surface area contributed by atoms with Gasteiger partial charge in [0.25, 0.3) is 0 Å². The summed E-state index contributed by atoms with van der Waals surface area (Å²) in [6, 6.07) is -1.31. The summed E-state index contributed by atoms with van der Waals surface area (Å²) < 4.78 is 0. The summed E-state index contributed by atoms with van der Waals surface area (Å²) >= 11 is 0. The highest BCUT2D eigenvalue weighted by Gasteiger charge is 2.30. The molecule has 72 valence electrons. The van der Waals surface area contributed by atoms with Crippen LogP contribution < -0.4 is 0 Å². The molecular weight excluding hydrogens is 166 g/mol. The zero-order chi connectivity index (χ0) is 9.72. The second kappa shape index (κ2) is 5.15. The topological polar surface area (TPSA) is 110 Å². The van der Waals surface area contributed by atoms with Gasteiger partial charge in [-0.3, -0.25) is 0 Å². The van der Waals surface area contributed by atoms with Crippen molar-refractivity contribution < 1.29 is 20.4 Å². The van der Waals surface area contributed by atoms with E-state index in [1.807, 2.05) is 0 Å². The first-order valence-corrected chi connectivity index (χ1v) is 3.52. The van der Waals surface area contributed by atoms with Crippen molar-refractivity contribution >= 4 is 0 Å². The van der Waals surface area contributed by atoms with Crippen molar-refractivity contribution in [3.63, 3.8) is 0 Å². The average Bonchev–Trinajstić information content (AvgIpc) is 2.03. The van der Waals surface area contributed by atoms with E-state index >= 15 is 0 Å². The lowest BCUT2D eigenvalue weighted by atomic mass is 10.0. The van der Waals surface area contributed by atoms with E-state index in [0.29, 0.717) is 0 Å². The fourth-order valence-corrected chi connectivity index (χ4v) is 0.771. The number of hydrogen-bond donors (Lipinski definition) is 4. The molecule has 12 heavy (non-hydrogen) atoms. The average molecular weight is 179 g/mol. The van der Waals surface area contributed by atoms with E-state index in [4.69, 9.17) is 20.4 Å². The van der Waals surface area contributed by atoms with Crippen LogP contribution in [0.2, 0.25) is 0 Å². The quantitative estimate of drug-likeness (QED) is 0.373. The summed E-state index contributed by atoms with van der Waals surface area (Å²) in [6.45, 7) is 0.583. The maximum atomic E-state index is 10.0. The van der Waals surface area contributed by atoms with Gasteiger partial charge in [0, 0.05) is 0 Å². The minimum absolute atomic E-state index is 0.681. The molecule has 0 aliphatic carbocycles. The molecule has 6 nitrogen and oxygen atoms in total. The first kappa shape index (κ1) is 11.4. The Morgan fingerprint density at radius 3 is 2.08 bits per heavy atom. The lowest BCUT2D eigenvalue weighted by Crippen LogP contribution is -2.43. The van der Waals surface area contributed by atoms with Crippen LogP contribution in [0.15, 0.2) is 5.18 Å². The molecule has 0 spiro atoms. The predicted molar refractivity (Wildman–Crippen MR) is 40.4 cm³/mol. The van der Waals surface area contributed by atoms with Crippen molar-refractivity contribution in [1.82, 2.24) is 0 Å². The van der Waals surface area contributed by atoms with E-state index in [0.717, 1.165) is 0 Å². The van der Waals surface area contributed by atoms with Gasteiger partial charge in [-0.2, -0.15) is 4.91 Å². The Balaban J connectivity index is 4.20.